The summed E-state index contributed by atoms with van der Waals surface area (Å²) in [5.41, 5.74) is 3.48. The molecule has 2 saturated carbocycles. The van der Waals surface area contributed by atoms with E-state index < -0.39 is 12.2 Å². The molecule has 0 aromatic carbocycles. The zero-order valence-corrected chi connectivity index (χ0v) is 23.8. The number of hydrogen-bond acceptors (Lipinski definition) is 9. The lowest BCUT2D eigenvalue weighted by Gasteiger charge is -2.47. The molecule has 9 atom stereocenters. The van der Waals surface area contributed by atoms with Crippen LogP contribution < -0.4 is 32.0 Å². The number of methoxy groups -OCH3 is 1. The van der Waals surface area contributed by atoms with Crippen molar-refractivity contribution in [3.63, 3.8) is 0 Å². The topological polar surface area (TPSA) is 105 Å². The minimum Gasteiger partial charge on any atom is -0.366 e. The van der Waals surface area contributed by atoms with Gasteiger partial charge in [-0.25, -0.2) is 5.43 Å². The fourth-order valence-corrected chi connectivity index (χ4v) is 8.39. The second kappa shape index (κ2) is 11.6. The number of nitrogens with zero attached hydrogens (tertiary/aromatic N) is 2. The van der Waals surface area contributed by atoms with E-state index in [4.69, 9.17) is 4.74 Å². The van der Waals surface area contributed by atoms with Gasteiger partial charge in [0, 0.05) is 51.8 Å². The highest BCUT2D eigenvalue weighted by molar-refractivity contribution is 5.73. The highest BCUT2D eigenvalue weighted by Gasteiger charge is 2.52. The number of carbonyl (C=O) groups is 1. The van der Waals surface area contributed by atoms with E-state index in [2.05, 4.69) is 32.0 Å². The smallest absolute Gasteiger partial charge is 0.366 e. The summed E-state index contributed by atoms with van der Waals surface area (Å²) in [7, 11) is 3.56. The normalized spacial score (nSPS) is 45.0. The van der Waals surface area contributed by atoms with Gasteiger partial charge in [0.25, 0.3) is 0 Å². The van der Waals surface area contributed by atoms with Gasteiger partial charge in [-0.1, -0.05) is 0 Å². The number of nitrogens with one attached hydrogen (secondary N) is 6. The number of ether oxygens (including phenoxy) is 1. The van der Waals surface area contributed by atoms with Crippen molar-refractivity contribution in [3.8, 4) is 0 Å². The van der Waals surface area contributed by atoms with Crippen LogP contribution in [0.3, 0.4) is 0 Å². The zero-order valence-electron chi connectivity index (χ0n) is 23.8. The molecular formula is C27H47F3N8O2. The molecule has 9 unspecified atom stereocenters. The van der Waals surface area contributed by atoms with E-state index in [1.807, 2.05) is 9.91 Å². The number of fused-ring (bicyclic) bond motifs is 1. The first-order chi connectivity index (χ1) is 19.1. The third-order valence-corrected chi connectivity index (χ3v) is 10.6. The van der Waals surface area contributed by atoms with Crippen LogP contribution in [0.15, 0.2) is 0 Å². The molecule has 10 nitrogen and oxygen atoms in total. The summed E-state index contributed by atoms with van der Waals surface area (Å²) in [6.45, 7) is 3.14. The molecule has 6 N–H and O–H groups in total. The van der Waals surface area contributed by atoms with Gasteiger partial charge >= 0.3 is 6.18 Å². The predicted octanol–water partition coefficient (Wildman–Crippen LogP) is 0.484. The molecule has 6 aliphatic rings. The Hall–Kier alpha value is -1.06. The van der Waals surface area contributed by atoms with Crippen LogP contribution in [-0.4, -0.2) is 105 Å². The molecule has 0 spiro atoms. The highest BCUT2D eigenvalue weighted by atomic mass is 19.4. The van der Waals surface area contributed by atoms with Crippen LogP contribution in [-0.2, 0) is 9.53 Å². The molecule has 0 bridgehead atoms. The highest BCUT2D eigenvalue weighted by Crippen LogP contribution is 2.41. The Morgan fingerprint density at radius 3 is 2.33 bits per heavy atom. The van der Waals surface area contributed by atoms with Crippen molar-refractivity contribution < 1.29 is 22.7 Å². The third kappa shape index (κ3) is 5.77. The number of alkyl halides is 3. The largest absolute Gasteiger partial charge is 0.405 e. The van der Waals surface area contributed by atoms with E-state index in [1.54, 1.807) is 21.1 Å². The number of amides is 1. The summed E-state index contributed by atoms with van der Waals surface area (Å²) in [5, 5.41) is 19.5. The van der Waals surface area contributed by atoms with Crippen molar-refractivity contribution in [3.05, 3.63) is 0 Å². The minimum atomic E-state index is -4.21. The maximum atomic E-state index is 13.3. The first kappa shape index (κ1) is 29.0. The molecule has 6 fully saturated rings. The number of rotatable bonds is 6. The maximum Gasteiger partial charge on any atom is 0.405 e. The lowest BCUT2D eigenvalue weighted by atomic mass is 9.76. The Morgan fingerprint density at radius 2 is 1.70 bits per heavy atom. The van der Waals surface area contributed by atoms with Crippen molar-refractivity contribution in [2.75, 3.05) is 33.9 Å². The summed E-state index contributed by atoms with van der Waals surface area (Å²) in [5.74, 6) is 1.56. The Labute approximate surface area is 235 Å². The summed E-state index contributed by atoms with van der Waals surface area (Å²) >= 11 is 0. The molecule has 2 aliphatic carbocycles. The number of hydrazine groups is 1. The van der Waals surface area contributed by atoms with E-state index >= 15 is 0 Å². The molecule has 0 aromatic rings. The van der Waals surface area contributed by atoms with Crippen LogP contribution in [0.4, 0.5) is 13.2 Å². The summed E-state index contributed by atoms with van der Waals surface area (Å²) in [6, 6.07) is -0.819. The van der Waals surface area contributed by atoms with Crippen molar-refractivity contribution >= 4 is 5.91 Å². The molecule has 13 heteroatoms. The van der Waals surface area contributed by atoms with Crippen molar-refractivity contribution in [1.29, 1.82) is 0 Å². The van der Waals surface area contributed by atoms with Gasteiger partial charge in [-0.15, -0.1) is 0 Å². The first-order valence-electron chi connectivity index (χ1n) is 15.2. The van der Waals surface area contributed by atoms with Crippen molar-refractivity contribution in [1.82, 2.24) is 41.9 Å². The van der Waals surface area contributed by atoms with Crippen LogP contribution in [0.1, 0.15) is 51.9 Å². The molecule has 1 amide bonds. The Kier molecular flexibility index (Phi) is 8.39. The molecule has 40 heavy (non-hydrogen) atoms. The molecule has 228 valence electrons. The second-order valence-corrected chi connectivity index (χ2v) is 13.1. The van der Waals surface area contributed by atoms with Gasteiger partial charge in [0.15, 0.2) is 0 Å². The molecule has 6 rings (SSSR count). The Bertz CT molecular complexity index is 901. The molecule has 0 radical (unpaired) electrons. The van der Waals surface area contributed by atoms with Gasteiger partial charge in [-0.2, -0.15) is 13.2 Å². The standard InChI is InChI=1S/C27H47F3N8O2/c1-14(39)38-19(10-15-4-6-17(7-5-15)25-34-20(12-37(25)2)27(28,29)30)23-18(36-38)11-31-24(35-23)21-22(16-8-9-16)32-13-33-26(21)40-3/h15-26,31-36H,4-13H2,1-3H3. The van der Waals surface area contributed by atoms with E-state index in [0.29, 0.717) is 17.9 Å². The van der Waals surface area contributed by atoms with Gasteiger partial charge < -0.3 is 10.1 Å². The lowest BCUT2D eigenvalue weighted by molar-refractivity contribution is -0.150. The van der Waals surface area contributed by atoms with E-state index in [0.717, 1.165) is 45.3 Å². The average Bonchev–Trinajstić information content (AvgIpc) is 3.61. The Morgan fingerprint density at radius 1 is 0.975 bits per heavy atom. The number of halogens is 3. The molecule has 4 heterocycles. The van der Waals surface area contributed by atoms with Crippen LogP contribution in [0.5, 0.6) is 0 Å². The monoisotopic (exact) mass is 572 g/mol. The van der Waals surface area contributed by atoms with Gasteiger partial charge in [0.05, 0.1) is 24.4 Å². The van der Waals surface area contributed by atoms with Gasteiger partial charge in [-0.05, 0) is 69.7 Å². The number of hydrogen-bond donors (Lipinski definition) is 6. The van der Waals surface area contributed by atoms with E-state index in [1.165, 1.54) is 12.8 Å². The fraction of sp³-hybridized carbons (Fsp3) is 0.963. The fourth-order valence-electron chi connectivity index (χ4n) is 8.39. The number of likely N-dealkylation sites (N-methyl/N-ethyl adjacent to an activating group) is 1. The second-order valence-electron chi connectivity index (χ2n) is 13.1. The summed E-state index contributed by atoms with van der Waals surface area (Å²) < 4.78 is 45.8. The molecular weight excluding hydrogens is 525 g/mol. The van der Waals surface area contributed by atoms with Gasteiger partial charge in [0.1, 0.15) is 12.3 Å². The minimum absolute atomic E-state index is 0.0108. The van der Waals surface area contributed by atoms with E-state index in [-0.39, 0.29) is 61.0 Å². The molecule has 4 saturated heterocycles. The first-order valence-corrected chi connectivity index (χ1v) is 15.2. The zero-order chi connectivity index (χ0) is 28.2. The average molecular weight is 573 g/mol. The SMILES string of the molecule is COC1NCNC(C2CC2)C1C1NCC2NN(C(C)=O)C(CC3CCC(C4NC(C(F)(F)F)CN4C)CC3)C2N1. The molecule has 0 aromatic heterocycles. The van der Waals surface area contributed by atoms with Gasteiger partial charge in [-0.3, -0.25) is 36.0 Å². The molecule has 4 aliphatic heterocycles. The van der Waals surface area contributed by atoms with Crippen molar-refractivity contribution in [2.24, 2.45) is 23.7 Å². The quantitative estimate of drug-likeness (QED) is 0.271. The third-order valence-electron chi connectivity index (χ3n) is 10.6. The van der Waals surface area contributed by atoms with Gasteiger partial charge in [0.2, 0.25) is 5.91 Å². The lowest BCUT2D eigenvalue weighted by Crippen LogP contribution is -2.72. The summed E-state index contributed by atoms with van der Waals surface area (Å²) in [6.07, 6.45) is 2.69. The maximum absolute atomic E-state index is 13.3. The van der Waals surface area contributed by atoms with Crippen LogP contribution >= 0.6 is 0 Å². The number of carbonyl (C=O) groups excluding carboxylic acids is 1. The van der Waals surface area contributed by atoms with Crippen LogP contribution in [0, 0.1) is 23.7 Å². The van der Waals surface area contributed by atoms with Crippen LogP contribution in [0.25, 0.3) is 0 Å². The predicted molar refractivity (Wildman–Crippen MR) is 143 cm³/mol. The van der Waals surface area contributed by atoms with Crippen LogP contribution in [0.2, 0.25) is 0 Å². The van der Waals surface area contributed by atoms with E-state index in [9.17, 15) is 18.0 Å². The Balaban J connectivity index is 1.10. The van der Waals surface area contributed by atoms with Crippen molar-refractivity contribution in [2.45, 2.75) is 107 Å². The summed E-state index contributed by atoms with van der Waals surface area (Å²) in [4.78, 5) is 14.6.